The van der Waals surface area contributed by atoms with Gasteiger partial charge in [-0.25, -0.2) is 4.98 Å². The monoisotopic (exact) mass is 1120 g/mol. The Morgan fingerprint density at radius 2 is 1.12 bits per heavy atom. The largest absolute Gasteiger partial charge is 0.238 e. The van der Waals surface area contributed by atoms with Crippen LogP contribution in [0.25, 0.3) is 77.7 Å². The molecule has 0 saturated carbocycles. The molecule has 0 aliphatic heterocycles. The molecule has 0 radical (unpaired) electrons. The van der Waals surface area contributed by atoms with Gasteiger partial charge in [-0.3, -0.25) is 0 Å². The summed E-state index contributed by atoms with van der Waals surface area (Å²) >= 11 is 2.58. The quantitative estimate of drug-likeness (QED) is 0.152. The topological polar surface area (TPSA) is 36.9 Å². The molecule has 5 nitrogen and oxygen atoms in total. The summed E-state index contributed by atoms with van der Waals surface area (Å²) in [5.74, 6) is 1.96. The van der Waals surface area contributed by atoms with Crippen LogP contribution in [0.4, 0.5) is 0 Å². The van der Waals surface area contributed by atoms with E-state index in [9.17, 15) is 0 Å². The normalized spacial score (nSPS) is 14.7. The van der Waals surface area contributed by atoms with E-state index in [-0.39, 0.29) is 22.4 Å². The first-order valence-corrected chi connectivity index (χ1v) is 26.1. The van der Waals surface area contributed by atoms with Crippen molar-refractivity contribution in [1.82, 2.24) is 18.7 Å². The maximum absolute atomic E-state index is 8.71. The molecule has 0 saturated heterocycles. The average Bonchev–Trinajstić information content (AvgIpc) is 4.06. The summed E-state index contributed by atoms with van der Waals surface area (Å²) in [7, 11) is 0. The smallest absolute Gasteiger partial charge is 0.0374 e. The van der Waals surface area contributed by atoms with Crippen LogP contribution in [0.1, 0.15) is 85.9 Å². The molecule has 0 fully saturated rings. The predicted molar refractivity (Wildman–Crippen MR) is 295 cm³/mol. The molecular formula is C66H58N4OPt. The van der Waals surface area contributed by atoms with Crippen LogP contribution in [-0.2, 0) is 36.6 Å². The molecule has 0 spiro atoms. The fraction of sp³-hybridized carbons (Fsp3) is 0.182. The van der Waals surface area contributed by atoms with E-state index in [1.807, 2.05) is 30.3 Å². The van der Waals surface area contributed by atoms with Crippen LogP contribution in [0.3, 0.4) is 0 Å². The molecule has 6 heteroatoms. The molecule has 3 aromatic heterocycles. The van der Waals surface area contributed by atoms with Gasteiger partial charge in [0.2, 0.25) is 0 Å². The van der Waals surface area contributed by atoms with E-state index in [2.05, 4.69) is 226 Å². The Balaban J connectivity index is 0.956. The summed E-state index contributed by atoms with van der Waals surface area (Å²) in [6, 6.07) is 66.3. The van der Waals surface area contributed by atoms with Gasteiger partial charge in [-0.2, -0.15) is 0 Å². The van der Waals surface area contributed by atoms with Gasteiger partial charge in [0, 0.05) is 15.9 Å². The SMILES string of the molecule is [2H]C([2H])([2H])c1cc(-n2c3ccccc3c3ccc(Oc4ccc5c(c4)C(n4[c](=[Pt])n(-c6c(-c7ccccc7)cc(C(C)(C)C)cc6-c6ccccc6)c6ccccc64)CC5)cc32)ncc1-c1ccc(C(C)(C)C)cc1. The molecular weight excluding hydrogens is 1060 g/mol. The number of ether oxygens (including phenoxy) is 1. The second-order valence-electron chi connectivity index (χ2n) is 21.3. The Bertz CT molecular complexity index is 4000. The zero-order valence-electron chi connectivity index (χ0n) is 44.5. The van der Waals surface area contributed by atoms with E-state index in [1.165, 1.54) is 50.0 Å². The minimum atomic E-state index is -2.38. The van der Waals surface area contributed by atoms with Gasteiger partial charge in [0.05, 0.1) is 0 Å². The first kappa shape index (κ1) is 42.4. The molecule has 0 N–H and O–H groups in total. The number of pyridine rings is 1. The Morgan fingerprint density at radius 3 is 1.79 bits per heavy atom. The molecule has 3 heterocycles. The van der Waals surface area contributed by atoms with Crippen molar-refractivity contribution in [3.8, 4) is 56.4 Å². The molecule has 1 aliphatic rings. The number of imidazole rings is 1. The van der Waals surface area contributed by atoms with E-state index >= 15 is 0 Å². The number of hydrogen-bond acceptors (Lipinski definition) is 2. The Hall–Kier alpha value is -7.33. The van der Waals surface area contributed by atoms with Crippen LogP contribution in [0.5, 0.6) is 11.5 Å². The van der Waals surface area contributed by atoms with Gasteiger partial charge in [-0.1, -0.05) is 63.2 Å². The van der Waals surface area contributed by atoms with Crippen molar-refractivity contribution in [1.29, 1.82) is 0 Å². The summed E-state index contributed by atoms with van der Waals surface area (Å²) in [5, 5.41) is 2.06. The molecule has 72 heavy (non-hydrogen) atoms. The number of benzene rings is 8. The van der Waals surface area contributed by atoms with Crippen molar-refractivity contribution in [2.45, 2.75) is 78.1 Å². The molecule has 1 aliphatic carbocycles. The van der Waals surface area contributed by atoms with Crippen LogP contribution in [0, 0.1) is 10.7 Å². The first-order chi connectivity index (χ1) is 36.0. The van der Waals surface area contributed by atoms with Gasteiger partial charge in [-0.15, -0.1) is 0 Å². The van der Waals surface area contributed by atoms with Crippen LogP contribution in [-0.4, -0.2) is 18.7 Å². The van der Waals surface area contributed by atoms with Gasteiger partial charge in [-0.05, 0) is 41.1 Å². The zero-order chi connectivity index (χ0) is 52.0. The van der Waals surface area contributed by atoms with Gasteiger partial charge in [0.15, 0.2) is 0 Å². The average molecular weight is 1120 g/mol. The van der Waals surface area contributed by atoms with E-state index in [0.717, 1.165) is 61.0 Å². The molecule has 1 atom stereocenters. The zero-order valence-corrected chi connectivity index (χ0v) is 43.8. The van der Waals surface area contributed by atoms with Gasteiger partial charge < -0.3 is 0 Å². The number of nitrogens with zero attached hydrogens (tertiary/aromatic N) is 4. The molecule has 11 aromatic rings. The number of aryl methyl sites for hydroxylation is 2. The van der Waals surface area contributed by atoms with Crippen molar-refractivity contribution in [3.05, 3.63) is 226 Å². The van der Waals surface area contributed by atoms with E-state index in [0.29, 0.717) is 17.1 Å². The van der Waals surface area contributed by atoms with E-state index in [1.54, 1.807) is 12.3 Å². The number of hydrogen-bond donors (Lipinski definition) is 0. The van der Waals surface area contributed by atoms with Crippen molar-refractivity contribution in [3.63, 3.8) is 0 Å². The molecule has 358 valence electrons. The standard InChI is InChI=1S/C66H58N4O.Pt/c1-43-36-63(67-41-57(43)47-26-30-48(31-27-47)65(2,3)4)70-59-23-15-14-22-52(59)53-34-33-51(40-62(53)70)71-50-32-28-46-29-35-58(54(46)39-50)68-42-69(61-25-17-16-24-60(61)68)64-55(44-18-10-8-11-19-44)37-49(66(5,6)7)38-56(64)45-20-12-9-13-21-45;/h8-28,30-34,36-41,58H,29,35H2,1-7H3;/i1D3;. The predicted octanol–water partition coefficient (Wildman–Crippen LogP) is 17.2. The van der Waals surface area contributed by atoms with E-state index in [4.69, 9.17) is 13.8 Å². The Labute approximate surface area is 437 Å². The summed E-state index contributed by atoms with van der Waals surface area (Å²) in [5.41, 5.74) is 16.6. The summed E-state index contributed by atoms with van der Waals surface area (Å²) < 4.78 is 41.2. The fourth-order valence-corrected chi connectivity index (χ4v) is 12.0. The van der Waals surface area contributed by atoms with Crippen molar-refractivity contribution in [2.24, 2.45) is 0 Å². The molecule has 8 aromatic carbocycles. The molecule has 0 amide bonds. The van der Waals surface area contributed by atoms with Crippen LogP contribution < -0.4 is 4.74 Å². The minimum Gasteiger partial charge on any atom is -0.238 e. The first-order valence-electron chi connectivity index (χ1n) is 26.4. The number of aromatic nitrogens is 4. The number of fused-ring (bicyclic) bond motifs is 5. The molecule has 1 unspecified atom stereocenters. The van der Waals surface area contributed by atoms with Gasteiger partial charge >= 0.3 is 315 Å². The van der Waals surface area contributed by atoms with Crippen LogP contribution in [0.2, 0.25) is 0 Å². The van der Waals surface area contributed by atoms with Crippen molar-refractivity contribution in [2.75, 3.05) is 0 Å². The molecule has 12 rings (SSSR count). The Kier molecular flexibility index (Phi) is 10.4. The molecule has 0 bridgehead atoms. The van der Waals surface area contributed by atoms with Crippen molar-refractivity contribution >= 4 is 32.8 Å². The minimum absolute atomic E-state index is 0.0289. The van der Waals surface area contributed by atoms with Gasteiger partial charge in [0.25, 0.3) is 0 Å². The second kappa shape index (κ2) is 17.8. The van der Waals surface area contributed by atoms with Crippen molar-refractivity contribution < 1.29 is 28.2 Å². The fourth-order valence-electron chi connectivity index (χ4n) is 10.9. The summed E-state index contributed by atoms with van der Waals surface area (Å²) in [6.07, 6.45) is 3.62. The third-order valence-electron chi connectivity index (χ3n) is 14.6. The number of rotatable bonds is 8. The maximum atomic E-state index is 8.71. The van der Waals surface area contributed by atoms with Crippen LogP contribution in [0.15, 0.2) is 194 Å². The third kappa shape index (κ3) is 7.99. The van der Waals surface area contributed by atoms with E-state index < -0.39 is 6.85 Å². The number of para-hydroxylation sites is 3. The summed E-state index contributed by atoms with van der Waals surface area (Å²) in [6.45, 7) is 11.0. The summed E-state index contributed by atoms with van der Waals surface area (Å²) in [4.78, 5) is 5.00. The Morgan fingerprint density at radius 1 is 0.542 bits per heavy atom. The maximum Gasteiger partial charge on any atom is 0.0374 e. The third-order valence-corrected chi connectivity index (χ3v) is 15.7. The second-order valence-corrected chi connectivity index (χ2v) is 22.3. The van der Waals surface area contributed by atoms with Gasteiger partial charge in [0.1, 0.15) is 0 Å². The van der Waals surface area contributed by atoms with Crippen LogP contribution >= 0.6 is 0 Å².